The molecule has 33 heavy (non-hydrogen) atoms. The van der Waals surface area contributed by atoms with E-state index < -0.39 is 40.5 Å². The van der Waals surface area contributed by atoms with E-state index in [-0.39, 0.29) is 34.6 Å². The summed E-state index contributed by atoms with van der Waals surface area (Å²) in [5.74, 6) is -3.75. The Morgan fingerprint density at radius 2 is 1.76 bits per heavy atom. The van der Waals surface area contributed by atoms with Crippen LogP contribution in [0.1, 0.15) is 67.6 Å². The number of ether oxygens (including phenoxy) is 1. The number of aromatic hydroxyl groups is 4. The maximum absolute atomic E-state index is 12.8. The Bertz CT molecular complexity index is 1120. The Hall–Kier alpha value is -3.52. The number of fused-ring (bicyclic) bond motifs is 1. The molecule has 5 N–H and O–H groups in total. The van der Waals surface area contributed by atoms with Crippen molar-refractivity contribution < 1.29 is 39.9 Å². The number of ketones is 2. The average Bonchev–Trinajstić information content (AvgIpc) is 2.71. The fourth-order valence-electron chi connectivity index (χ4n) is 3.71. The molecule has 2 aromatic rings. The maximum Gasteiger partial charge on any atom is 0.248 e. The molecule has 1 unspecified atom stereocenters. The van der Waals surface area contributed by atoms with E-state index in [1.54, 1.807) is 13.8 Å². The van der Waals surface area contributed by atoms with E-state index >= 15 is 0 Å². The van der Waals surface area contributed by atoms with E-state index in [9.17, 15) is 35.1 Å². The monoisotopic (exact) mass is 456 g/mol. The molecule has 0 fully saturated rings. The van der Waals surface area contributed by atoms with Gasteiger partial charge in [-0.15, -0.1) is 0 Å². The molecule has 0 aliphatic carbocycles. The summed E-state index contributed by atoms with van der Waals surface area (Å²) in [6.07, 6.45) is 2.67. The number of hydrogen-bond acceptors (Lipinski definition) is 8. The number of carbonyl (C=O) groups is 2. The third kappa shape index (κ3) is 5.28. The molecule has 8 nitrogen and oxygen atoms in total. The van der Waals surface area contributed by atoms with E-state index in [0.717, 1.165) is 30.5 Å². The van der Waals surface area contributed by atoms with Crippen LogP contribution in [-0.2, 0) is 11.2 Å². The van der Waals surface area contributed by atoms with Gasteiger partial charge in [0.15, 0.2) is 17.6 Å². The first-order valence-electron chi connectivity index (χ1n) is 10.6. The van der Waals surface area contributed by atoms with Gasteiger partial charge in [0, 0.05) is 17.2 Å². The van der Waals surface area contributed by atoms with E-state index in [1.807, 2.05) is 13.0 Å². The van der Waals surface area contributed by atoms with Gasteiger partial charge in [0.2, 0.25) is 11.6 Å². The summed E-state index contributed by atoms with van der Waals surface area (Å²) < 4.78 is 5.60. The van der Waals surface area contributed by atoms with Gasteiger partial charge in [-0.2, -0.15) is 0 Å². The fourth-order valence-corrected chi connectivity index (χ4v) is 3.71. The van der Waals surface area contributed by atoms with Gasteiger partial charge < -0.3 is 30.3 Å². The number of carbonyl (C=O) groups excluding carboxylic acids is 2. The molecule has 1 aliphatic rings. The minimum Gasteiger partial charge on any atom is -0.507 e. The van der Waals surface area contributed by atoms with Gasteiger partial charge >= 0.3 is 0 Å². The highest BCUT2D eigenvalue weighted by Crippen LogP contribution is 2.44. The SMILES string of the molecule is C/C(=C\Cc1c(O)cc2c(c1O)C(=O)C(=O)C(c1ccc(O)c(O)c1)O2)CCCC(C)(C)O. The molecule has 0 spiro atoms. The van der Waals surface area contributed by atoms with Crippen LogP contribution in [0.15, 0.2) is 35.9 Å². The van der Waals surface area contributed by atoms with Crippen LogP contribution < -0.4 is 4.74 Å². The maximum atomic E-state index is 12.8. The lowest BCUT2D eigenvalue weighted by atomic mass is 9.91. The average molecular weight is 456 g/mol. The molecule has 1 aliphatic heterocycles. The quantitative estimate of drug-likeness (QED) is 0.240. The second-order valence-corrected chi connectivity index (χ2v) is 8.96. The lowest BCUT2D eigenvalue weighted by Crippen LogP contribution is -2.32. The molecule has 0 saturated carbocycles. The standard InChI is InChI=1S/C25H28O8/c1-13(5-4-10-25(2,3)32)6-8-15-17(27)12-19-20(21(15)29)22(30)23(31)24(33-19)14-7-9-16(26)18(28)11-14/h6-7,9,11-12,24,26-29,32H,4-5,8,10H2,1-3H3/b13-6+. The number of allylic oxidation sites excluding steroid dienone is 2. The van der Waals surface area contributed by atoms with Crippen molar-refractivity contribution in [2.45, 2.75) is 58.2 Å². The van der Waals surface area contributed by atoms with Gasteiger partial charge in [-0.1, -0.05) is 17.7 Å². The Morgan fingerprint density at radius 1 is 1.06 bits per heavy atom. The Morgan fingerprint density at radius 3 is 2.39 bits per heavy atom. The van der Waals surface area contributed by atoms with Gasteiger partial charge in [0.25, 0.3) is 0 Å². The molecule has 8 heteroatoms. The predicted octanol–water partition coefficient (Wildman–Crippen LogP) is 3.82. The highest BCUT2D eigenvalue weighted by molar-refractivity contribution is 6.47. The summed E-state index contributed by atoms with van der Waals surface area (Å²) >= 11 is 0. The van der Waals surface area contributed by atoms with Crippen molar-refractivity contribution in [3.8, 4) is 28.7 Å². The first kappa shape index (κ1) is 24.1. The van der Waals surface area contributed by atoms with Gasteiger partial charge in [-0.25, -0.2) is 0 Å². The normalized spacial score (nSPS) is 16.5. The van der Waals surface area contributed by atoms with E-state index in [1.165, 1.54) is 12.1 Å². The van der Waals surface area contributed by atoms with Crippen LogP contribution >= 0.6 is 0 Å². The first-order valence-corrected chi connectivity index (χ1v) is 10.6. The van der Waals surface area contributed by atoms with Crippen molar-refractivity contribution in [2.24, 2.45) is 0 Å². The van der Waals surface area contributed by atoms with Crippen molar-refractivity contribution in [1.29, 1.82) is 0 Å². The van der Waals surface area contributed by atoms with Crippen molar-refractivity contribution in [3.63, 3.8) is 0 Å². The Kier molecular flexibility index (Phi) is 6.69. The fraction of sp³-hybridized carbons (Fsp3) is 0.360. The second-order valence-electron chi connectivity index (χ2n) is 8.96. The smallest absolute Gasteiger partial charge is 0.248 e. The minimum absolute atomic E-state index is 0.0982. The molecule has 0 radical (unpaired) electrons. The van der Waals surface area contributed by atoms with E-state index in [4.69, 9.17) is 4.74 Å². The summed E-state index contributed by atoms with van der Waals surface area (Å²) in [6, 6.07) is 4.78. The number of rotatable bonds is 7. The molecule has 1 heterocycles. The molecule has 3 rings (SSSR count). The van der Waals surface area contributed by atoms with E-state index in [0.29, 0.717) is 6.42 Å². The van der Waals surface area contributed by atoms with Crippen LogP contribution in [0, 0.1) is 0 Å². The third-order valence-corrected chi connectivity index (χ3v) is 5.60. The first-order chi connectivity index (χ1) is 15.4. The zero-order valence-electron chi connectivity index (χ0n) is 18.8. The third-order valence-electron chi connectivity index (χ3n) is 5.60. The minimum atomic E-state index is -1.39. The molecule has 0 bridgehead atoms. The molecular weight excluding hydrogens is 428 g/mol. The van der Waals surface area contributed by atoms with Crippen molar-refractivity contribution in [1.82, 2.24) is 0 Å². The molecule has 0 amide bonds. The predicted molar refractivity (Wildman–Crippen MR) is 120 cm³/mol. The zero-order valence-corrected chi connectivity index (χ0v) is 18.8. The second kappa shape index (κ2) is 9.15. The molecular formula is C25H28O8. The van der Waals surface area contributed by atoms with Crippen molar-refractivity contribution in [3.05, 3.63) is 52.6 Å². The lowest BCUT2D eigenvalue weighted by molar-refractivity contribution is -0.122. The van der Waals surface area contributed by atoms with Gasteiger partial charge in [0.05, 0.1) is 5.60 Å². The van der Waals surface area contributed by atoms with Crippen LogP contribution in [0.4, 0.5) is 0 Å². The highest BCUT2D eigenvalue weighted by atomic mass is 16.5. The largest absolute Gasteiger partial charge is 0.507 e. The zero-order chi connectivity index (χ0) is 24.5. The summed E-state index contributed by atoms with van der Waals surface area (Å²) in [5.41, 5.74) is 0.156. The topological polar surface area (TPSA) is 145 Å². The summed E-state index contributed by atoms with van der Waals surface area (Å²) in [4.78, 5) is 25.5. The van der Waals surface area contributed by atoms with Crippen molar-refractivity contribution in [2.75, 3.05) is 0 Å². The number of aliphatic hydroxyl groups is 1. The summed E-state index contributed by atoms with van der Waals surface area (Å²) in [7, 11) is 0. The van der Waals surface area contributed by atoms with Crippen LogP contribution in [-0.4, -0.2) is 42.7 Å². The number of Topliss-reactive ketones (excluding diaryl/α,β-unsaturated/α-hetero) is 2. The number of benzene rings is 2. The Balaban J connectivity index is 1.85. The molecule has 0 saturated heterocycles. The van der Waals surface area contributed by atoms with Gasteiger partial charge in [-0.05, 0) is 58.6 Å². The molecule has 176 valence electrons. The Labute approximate surface area is 191 Å². The van der Waals surface area contributed by atoms with Crippen molar-refractivity contribution >= 4 is 11.6 Å². The highest BCUT2D eigenvalue weighted by Gasteiger charge is 2.40. The lowest BCUT2D eigenvalue weighted by Gasteiger charge is -2.26. The number of hydrogen-bond donors (Lipinski definition) is 5. The van der Waals surface area contributed by atoms with Gasteiger partial charge in [-0.3, -0.25) is 9.59 Å². The number of phenols is 4. The summed E-state index contributed by atoms with van der Waals surface area (Å²) in [5, 5.41) is 50.1. The molecule has 2 aromatic carbocycles. The molecule has 0 aromatic heterocycles. The van der Waals surface area contributed by atoms with Crippen LogP contribution in [0.5, 0.6) is 28.7 Å². The van der Waals surface area contributed by atoms with Crippen LogP contribution in [0.3, 0.4) is 0 Å². The number of phenolic OH excluding ortho intramolecular Hbond substituents is 4. The van der Waals surface area contributed by atoms with Crippen LogP contribution in [0.25, 0.3) is 0 Å². The molecule has 1 atom stereocenters. The van der Waals surface area contributed by atoms with Gasteiger partial charge in [0.1, 0.15) is 22.8 Å². The summed E-state index contributed by atoms with van der Waals surface area (Å²) in [6.45, 7) is 5.38. The van der Waals surface area contributed by atoms with E-state index in [2.05, 4.69) is 0 Å². The van der Waals surface area contributed by atoms with Crippen LogP contribution in [0.2, 0.25) is 0 Å².